The van der Waals surface area contributed by atoms with Gasteiger partial charge in [0.1, 0.15) is 19.0 Å². The molecular formula is C16H13Cl2FO2. The van der Waals surface area contributed by atoms with E-state index in [2.05, 4.69) is 0 Å². The van der Waals surface area contributed by atoms with Crippen LogP contribution in [0.2, 0.25) is 5.02 Å². The highest BCUT2D eigenvalue weighted by Crippen LogP contribution is 2.41. The predicted octanol–water partition coefficient (Wildman–Crippen LogP) is 4.89. The Morgan fingerprint density at radius 1 is 1.05 bits per heavy atom. The van der Waals surface area contributed by atoms with Crippen LogP contribution in [0.4, 0.5) is 4.39 Å². The molecule has 3 rings (SSSR count). The van der Waals surface area contributed by atoms with Crippen LogP contribution in [-0.2, 0) is 0 Å². The molecule has 0 fully saturated rings. The molecule has 5 heteroatoms. The van der Waals surface area contributed by atoms with E-state index >= 15 is 0 Å². The van der Waals surface area contributed by atoms with Gasteiger partial charge in [-0.1, -0.05) is 17.7 Å². The highest BCUT2D eigenvalue weighted by Gasteiger charge is 2.21. The van der Waals surface area contributed by atoms with E-state index < -0.39 is 5.38 Å². The third-order valence-electron chi connectivity index (χ3n) is 3.29. The van der Waals surface area contributed by atoms with E-state index in [4.69, 9.17) is 32.7 Å². The fourth-order valence-corrected chi connectivity index (χ4v) is 2.99. The molecule has 0 radical (unpaired) electrons. The van der Waals surface area contributed by atoms with Crippen LogP contribution < -0.4 is 9.47 Å². The maximum absolute atomic E-state index is 13.5. The van der Waals surface area contributed by atoms with Gasteiger partial charge < -0.3 is 9.47 Å². The van der Waals surface area contributed by atoms with Gasteiger partial charge in [0.25, 0.3) is 0 Å². The van der Waals surface area contributed by atoms with Gasteiger partial charge in [0.2, 0.25) is 0 Å². The van der Waals surface area contributed by atoms with E-state index in [9.17, 15) is 4.39 Å². The van der Waals surface area contributed by atoms with E-state index in [0.717, 1.165) is 5.56 Å². The molecule has 0 amide bonds. The quantitative estimate of drug-likeness (QED) is 0.732. The summed E-state index contributed by atoms with van der Waals surface area (Å²) in [7, 11) is 0. The summed E-state index contributed by atoms with van der Waals surface area (Å²) in [6, 6.07) is 8.16. The van der Waals surface area contributed by atoms with Gasteiger partial charge in [0, 0.05) is 11.1 Å². The standard InChI is InChI=1S/C16H13Cl2FO2/c1-9-4-10(6-11(19)5-9)16(18)12-7-14-15(8-13(12)17)21-3-2-20-14/h4-8,16H,2-3H2,1H3. The summed E-state index contributed by atoms with van der Waals surface area (Å²) >= 11 is 12.7. The summed E-state index contributed by atoms with van der Waals surface area (Å²) in [5.74, 6) is 0.901. The second-order valence-corrected chi connectivity index (χ2v) is 5.79. The van der Waals surface area contributed by atoms with Crippen molar-refractivity contribution in [3.8, 4) is 11.5 Å². The predicted molar refractivity (Wildman–Crippen MR) is 81.3 cm³/mol. The Labute approximate surface area is 132 Å². The largest absolute Gasteiger partial charge is 0.486 e. The number of halogens is 3. The Bertz CT molecular complexity index is 668. The molecule has 1 unspecified atom stereocenters. The SMILES string of the molecule is Cc1cc(F)cc(C(Cl)c2cc3c(cc2Cl)OCCO3)c1. The lowest BCUT2D eigenvalue weighted by Gasteiger charge is -2.21. The number of ether oxygens (including phenoxy) is 2. The van der Waals surface area contributed by atoms with Crippen LogP contribution in [0.3, 0.4) is 0 Å². The summed E-state index contributed by atoms with van der Waals surface area (Å²) in [6.45, 7) is 2.80. The minimum absolute atomic E-state index is 0.315. The molecule has 110 valence electrons. The zero-order chi connectivity index (χ0) is 15.0. The molecule has 2 aromatic carbocycles. The molecule has 0 aliphatic carbocycles. The molecule has 1 atom stereocenters. The van der Waals surface area contributed by atoms with Gasteiger partial charge in [-0.2, -0.15) is 0 Å². The van der Waals surface area contributed by atoms with Crippen molar-refractivity contribution >= 4 is 23.2 Å². The number of alkyl halides is 1. The smallest absolute Gasteiger partial charge is 0.162 e. The Kier molecular flexibility index (Phi) is 3.96. The van der Waals surface area contributed by atoms with Crippen molar-refractivity contribution in [3.63, 3.8) is 0 Å². The lowest BCUT2D eigenvalue weighted by Crippen LogP contribution is -2.15. The van der Waals surface area contributed by atoms with Crippen molar-refractivity contribution in [2.45, 2.75) is 12.3 Å². The van der Waals surface area contributed by atoms with Crippen molar-refractivity contribution in [3.05, 3.63) is 57.9 Å². The van der Waals surface area contributed by atoms with Gasteiger partial charge in [-0.05, 0) is 41.8 Å². The summed E-state index contributed by atoms with van der Waals surface area (Å²) < 4.78 is 24.5. The van der Waals surface area contributed by atoms with E-state index in [1.54, 1.807) is 12.1 Å². The Balaban J connectivity index is 2.02. The fourth-order valence-electron chi connectivity index (χ4n) is 2.36. The number of benzene rings is 2. The van der Waals surface area contributed by atoms with Gasteiger partial charge in [0.15, 0.2) is 11.5 Å². The van der Waals surface area contributed by atoms with Crippen LogP contribution in [0.5, 0.6) is 11.5 Å². The van der Waals surface area contributed by atoms with Crippen LogP contribution in [0, 0.1) is 12.7 Å². The van der Waals surface area contributed by atoms with E-state index in [1.165, 1.54) is 12.1 Å². The first kappa shape index (κ1) is 14.5. The summed E-state index contributed by atoms with van der Waals surface area (Å²) in [5.41, 5.74) is 2.14. The molecule has 2 aromatic rings. The van der Waals surface area contributed by atoms with E-state index in [1.807, 2.05) is 13.0 Å². The van der Waals surface area contributed by atoms with Crippen LogP contribution >= 0.6 is 23.2 Å². The number of rotatable bonds is 2. The first-order valence-corrected chi connectivity index (χ1v) is 7.36. The second kappa shape index (κ2) is 5.74. The molecular weight excluding hydrogens is 314 g/mol. The van der Waals surface area contributed by atoms with Crippen LogP contribution in [0.25, 0.3) is 0 Å². The van der Waals surface area contributed by atoms with Crippen LogP contribution in [0.15, 0.2) is 30.3 Å². The molecule has 0 bridgehead atoms. The highest BCUT2D eigenvalue weighted by molar-refractivity contribution is 6.33. The Morgan fingerprint density at radius 2 is 1.71 bits per heavy atom. The molecule has 0 spiro atoms. The summed E-state index contributed by atoms with van der Waals surface area (Å²) in [6.07, 6.45) is 0. The second-order valence-electron chi connectivity index (χ2n) is 4.94. The maximum Gasteiger partial charge on any atom is 0.162 e. The minimum Gasteiger partial charge on any atom is -0.486 e. The van der Waals surface area contributed by atoms with E-state index in [-0.39, 0.29) is 5.82 Å². The molecule has 0 aromatic heterocycles. The summed E-state index contributed by atoms with van der Waals surface area (Å²) in [4.78, 5) is 0. The van der Waals surface area contributed by atoms with E-state index in [0.29, 0.717) is 40.9 Å². The molecule has 1 aliphatic rings. The van der Waals surface area contributed by atoms with Crippen molar-refractivity contribution in [2.75, 3.05) is 13.2 Å². The third kappa shape index (κ3) is 2.94. The van der Waals surface area contributed by atoms with Crippen molar-refractivity contribution < 1.29 is 13.9 Å². The topological polar surface area (TPSA) is 18.5 Å². The van der Waals surface area contributed by atoms with Gasteiger partial charge >= 0.3 is 0 Å². The number of hydrogen-bond acceptors (Lipinski definition) is 2. The van der Waals surface area contributed by atoms with Crippen molar-refractivity contribution in [1.29, 1.82) is 0 Å². The normalized spacial score (nSPS) is 14.9. The van der Waals surface area contributed by atoms with Crippen molar-refractivity contribution in [2.24, 2.45) is 0 Å². The minimum atomic E-state index is -0.553. The van der Waals surface area contributed by atoms with Gasteiger partial charge in [-0.25, -0.2) is 4.39 Å². The molecule has 1 aliphatic heterocycles. The molecule has 0 saturated carbocycles. The maximum atomic E-state index is 13.5. The lowest BCUT2D eigenvalue weighted by molar-refractivity contribution is 0.171. The molecule has 21 heavy (non-hydrogen) atoms. The average molecular weight is 327 g/mol. The monoisotopic (exact) mass is 326 g/mol. The zero-order valence-electron chi connectivity index (χ0n) is 11.3. The molecule has 1 heterocycles. The lowest BCUT2D eigenvalue weighted by atomic mass is 10.0. The first-order valence-electron chi connectivity index (χ1n) is 6.55. The highest BCUT2D eigenvalue weighted by atomic mass is 35.5. The number of aryl methyl sites for hydroxylation is 1. The van der Waals surface area contributed by atoms with Gasteiger partial charge in [-0.15, -0.1) is 11.6 Å². The third-order valence-corrected chi connectivity index (χ3v) is 4.11. The number of fused-ring (bicyclic) bond motifs is 1. The van der Waals surface area contributed by atoms with Gasteiger partial charge in [0.05, 0.1) is 5.38 Å². The molecule has 2 nitrogen and oxygen atoms in total. The Hall–Kier alpha value is -1.45. The molecule has 0 saturated heterocycles. The molecule has 0 N–H and O–H groups in total. The fraction of sp³-hybridized carbons (Fsp3) is 0.250. The zero-order valence-corrected chi connectivity index (χ0v) is 12.8. The first-order chi connectivity index (χ1) is 10.0. The van der Waals surface area contributed by atoms with Crippen LogP contribution in [-0.4, -0.2) is 13.2 Å². The Morgan fingerprint density at radius 3 is 2.38 bits per heavy atom. The number of hydrogen-bond donors (Lipinski definition) is 0. The van der Waals surface area contributed by atoms with Crippen molar-refractivity contribution in [1.82, 2.24) is 0 Å². The van der Waals surface area contributed by atoms with Gasteiger partial charge in [-0.3, -0.25) is 0 Å². The average Bonchev–Trinajstić information content (AvgIpc) is 2.44. The summed E-state index contributed by atoms with van der Waals surface area (Å²) in [5, 5.41) is -0.0797. The van der Waals surface area contributed by atoms with Crippen LogP contribution in [0.1, 0.15) is 22.1 Å².